The molecule has 2 nitrogen and oxygen atoms in total. The molecule has 0 fully saturated rings. The summed E-state index contributed by atoms with van der Waals surface area (Å²) in [6.07, 6.45) is 4.39. The zero-order valence-corrected chi connectivity index (χ0v) is 7.68. The van der Waals surface area contributed by atoms with Gasteiger partial charge in [0, 0.05) is 0 Å². The largest absolute Gasteiger partial charge is 0.504 e. The topological polar surface area (TPSA) is 18.5 Å². The van der Waals surface area contributed by atoms with Crippen molar-refractivity contribution in [1.82, 2.24) is 0 Å². The summed E-state index contributed by atoms with van der Waals surface area (Å²) in [7, 11) is 3.30. The van der Waals surface area contributed by atoms with Crippen molar-refractivity contribution in [2.45, 2.75) is 20.3 Å². The molecule has 0 N–H and O–H groups in total. The molecule has 2 heteroatoms. The zero-order valence-electron chi connectivity index (χ0n) is 7.68. The third-order valence-electron chi connectivity index (χ3n) is 1.20. The fraction of sp³-hybridized carbons (Fsp3) is 0.556. The second-order valence-electron chi connectivity index (χ2n) is 2.58. The van der Waals surface area contributed by atoms with Gasteiger partial charge in [0.1, 0.15) is 0 Å². The predicted molar refractivity (Wildman–Crippen MR) is 46.1 cm³/mol. The van der Waals surface area contributed by atoms with Crippen LogP contribution in [0.5, 0.6) is 0 Å². The van der Waals surface area contributed by atoms with Gasteiger partial charge in [-0.2, -0.15) is 0 Å². The van der Waals surface area contributed by atoms with Gasteiger partial charge in [-0.3, -0.25) is 0 Å². The van der Waals surface area contributed by atoms with Gasteiger partial charge in [0.2, 0.25) is 0 Å². The highest BCUT2D eigenvalue weighted by atomic mass is 16.5. The minimum absolute atomic E-state index is 0.904. The molecule has 0 saturated heterocycles. The average molecular weight is 156 g/mol. The van der Waals surface area contributed by atoms with Crippen LogP contribution in [-0.2, 0) is 9.47 Å². The van der Waals surface area contributed by atoms with Gasteiger partial charge in [-0.25, -0.2) is 0 Å². The lowest BCUT2D eigenvalue weighted by molar-refractivity contribution is 0.329. The quantitative estimate of drug-likeness (QED) is 0.582. The van der Waals surface area contributed by atoms with Crippen LogP contribution in [0.1, 0.15) is 20.3 Å². The third-order valence-corrected chi connectivity index (χ3v) is 1.20. The molecule has 0 aliphatic rings. The van der Waals surface area contributed by atoms with Crippen molar-refractivity contribution in [2.24, 2.45) is 0 Å². The second-order valence-corrected chi connectivity index (χ2v) is 2.58. The van der Waals surface area contributed by atoms with Gasteiger partial charge in [-0.1, -0.05) is 0 Å². The Bertz CT molecular complexity index is 139. The number of hydrogen-bond acceptors (Lipinski definition) is 2. The summed E-state index contributed by atoms with van der Waals surface area (Å²) < 4.78 is 9.71. The molecule has 0 atom stereocenters. The molecule has 0 radical (unpaired) electrons. The van der Waals surface area contributed by atoms with E-state index in [0.717, 1.165) is 6.42 Å². The van der Waals surface area contributed by atoms with Crippen LogP contribution in [0.15, 0.2) is 23.7 Å². The monoisotopic (exact) mass is 156 g/mol. The first-order chi connectivity index (χ1) is 5.20. The minimum Gasteiger partial charge on any atom is -0.504 e. The van der Waals surface area contributed by atoms with Gasteiger partial charge in [0.25, 0.3) is 0 Å². The van der Waals surface area contributed by atoms with E-state index in [2.05, 4.69) is 0 Å². The van der Waals surface area contributed by atoms with E-state index in [9.17, 15) is 0 Å². The van der Waals surface area contributed by atoms with Crippen LogP contribution in [0.4, 0.5) is 0 Å². The van der Waals surface area contributed by atoms with Crippen molar-refractivity contribution >= 4 is 0 Å². The number of methoxy groups -OCH3 is 2. The molecule has 0 aromatic carbocycles. The van der Waals surface area contributed by atoms with Gasteiger partial charge in [0.15, 0.2) is 0 Å². The highest BCUT2D eigenvalue weighted by molar-refractivity contribution is 5.08. The van der Waals surface area contributed by atoms with E-state index < -0.39 is 0 Å². The van der Waals surface area contributed by atoms with Crippen LogP contribution in [0.25, 0.3) is 0 Å². The van der Waals surface area contributed by atoms with Crippen molar-refractivity contribution in [3.05, 3.63) is 23.7 Å². The Labute approximate surface area is 68.5 Å². The number of allylic oxidation sites excluding steroid dienone is 2. The van der Waals surface area contributed by atoms with Crippen molar-refractivity contribution in [3.8, 4) is 0 Å². The molecule has 0 aromatic heterocycles. The number of hydrogen-bond donors (Lipinski definition) is 0. The first-order valence-electron chi connectivity index (χ1n) is 3.57. The molecule has 0 amide bonds. The van der Waals surface area contributed by atoms with Crippen LogP contribution in [0.3, 0.4) is 0 Å². The molecule has 0 heterocycles. The first kappa shape index (κ1) is 10.1. The summed E-state index contributed by atoms with van der Waals surface area (Å²) in [5.41, 5.74) is 2.39. The standard InChI is InChI=1S/C9H16O2/c1-8(6-10-3)5-9(2)7-11-4/h6-7H,5H2,1-4H3/b8-6-,9-7-. The van der Waals surface area contributed by atoms with Gasteiger partial charge in [0.05, 0.1) is 26.7 Å². The fourth-order valence-electron chi connectivity index (χ4n) is 0.926. The van der Waals surface area contributed by atoms with Crippen molar-refractivity contribution in [1.29, 1.82) is 0 Å². The SMILES string of the molecule is CO/C=C(/C)C/C(C)=C\OC. The van der Waals surface area contributed by atoms with Crippen LogP contribution in [0.2, 0.25) is 0 Å². The molecule has 0 unspecified atom stereocenters. The van der Waals surface area contributed by atoms with Crippen LogP contribution >= 0.6 is 0 Å². The molecule has 0 saturated carbocycles. The van der Waals surface area contributed by atoms with Crippen LogP contribution in [0, 0.1) is 0 Å². The molecule has 0 rings (SSSR count). The normalized spacial score (nSPS) is 13.1. The molecular weight excluding hydrogens is 140 g/mol. The molecule has 0 spiro atoms. The molecule has 11 heavy (non-hydrogen) atoms. The van der Waals surface area contributed by atoms with E-state index in [1.54, 1.807) is 26.7 Å². The Morgan fingerprint density at radius 1 is 1.00 bits per heavy atom. The Morgan fingerprint density at radius 2 is 1.36 bits per heavy atom. The maximum absolute atomic E-state index is 4.85. The van der Waals surface area contributed by atoms with Gasteiger partial charge >= 0.3 is 0 Å². The van der Waals surface area contributed by atoms with Crippen molar-refractivity contribution < 1.29 is 9.47 Å². The third kappa shape index (κ3) is 5.52. The van der Waals surface area contributed by atoms with Crippen molar-refractivity contribution in [3.63, 3.8) is 0 Å². The summed E-state index contributed by atoms with van der Waals surface area (Å²) in [6.45, 7) is 4.05. The zero-order chi connectivity index (χ0) is 8.69. The second kappa shape index (κ2) is 5.83. The molecule has 0 bridgehead atoms. The lowest BCUT2D eigenvalue weighted by atomic mass is 10.1. The van der Waals surface area contributed by atoms with E-state index >= 15 is 0 Å². The highest BCUT2D eigenvalue weighted by Crippen LogP contribution is 2.08. The lowest BCUT2D eigenvalue weighted by Gasteiger charge is -2.00. The van der Waals surface area contributed by atoms with E-state index in [4.69, 9.17) is 9.47 Å². The number of ether oxygens (including phenoxy) is 2. The molecule has 64 valence electrons. The summed E-state index contributed by atoms with van der Waals surface area (Å²) in [5.74, 6) is 0. The number of rotatable bonds is 4. The maximum atomic E-state index is 4.85. The van der Waals surface area contributed by atoms with Gasteiger partial charge < -0.3 is 9.47 Å². The Balaban J connectivity index is 3.84. The van der Waals surface area contributed by atoms with Crippen molar-refractivity contribution in [2.75, 3.05) is 14.2 Å². The molecular formula is C9H16O2. The molecule has 0 aromatic rings. The van der Waals surface area contributed by atoms with E-state index in [0.29, 0.717) is 0 Å². The fourth-order valence-corrected chi connectivity index (χ4v) is 0.926. The molecule has 0 aliphatic carbocycles. The lowest BCUT2D eigenvalue weighted by Crippen LogP contribution is -1.82. The van der Waals surface area contributed by atoms with Crippen LogP contribution < -0.4 is 0 Å². The molecule has 0 aliphatic heterocycles. The van der Waals surface area contributed by atoms with Gasteiger partial charge in [-0.05, 0) is 31.4 Å². The summed E-state index contributed by atoms with van der Waals surface area (Å²) in [5, 5.41) is 0. The van der Waals surface area contributed by atoms with Gasteiger partial charge in [-0.15, -0.1) is 0 Å². The maximum Gasteiger partial charge on any atom is 0.0817 e. The Hall–Kier alpha value is -0.920. The predicted octanol–water partition coefficient (Wildman–Crippen LogP) is 2.48. The Kier molecular flexibility index (Phi) is 5.35. The summed E-state index contributed by atoms with van der Waals surface area (Å²) in [4.78, 5) is 0. The highest BCUT2D eigenvalue weighted by Gasteiger charge is 1.91. The van der Waals surface area contributed by atoms with E-state index in [1.165, 1.54) is 11.1 Å². The summed E-state index contributed by atoms with van der Waals surface area (Å²) >= 11 is 0. The summed E-state index contributed by atoms with van der Waals surface area (Å²) in [6, 6.07) is 0. The Morgan fingerprint density at radius 3 is 1.64 bits per heavy atom. The average Bonchev–Trinajstić information content (AvgIpc) is 1.87. The minimum atomic E-state index is 0.904. The smallest absolute Gasteiger partial charge is 0.0817 e. The van der Waals surface area contributed by atoms with Crippen LogP contribution in [-0.4, -0.2) is 14.2 Å². The van der Waals surface area contributed by atoms with E-state index in [-0.39, 0.29) is 0 Å². The van der Waals surface area contributed by atoms with E-state index in [1.807, 2.05) is 13.8 Å². The first-order valence-corrected chi connectivity index (χ1v) is 3.57.